The number of nitrogens with zero attached hydrogens (tertiary/aromatic N) is 2. The van der Waals surface area contributed by atoms with E-state index in [0.717, 1.165) is 18.8 Å². The second-order valence-corrected chi connectivity index (χ2v) is 4.86. The van der Waals surface area contributed by atoms with Crippen LogP contribution >= 0.6 is 0 Å². The maximum absolute atomic E-state index is 5.67. The third-order valence-corrected chi connectivity index (χ3v) is 2.79. The van der Waals surface area contributed by atoms with Crippen molar-refractivity contribution in [3.05, 3.63) is 18.5 Å². The summed E-state index contributed by atoms with van der Waals surface area (Å²) < 4.78 is 0. The molecule has 0 aliphatic rings. The van der Waals surface area contributed by atoms with Gasteiger partial charge in [0.1, 0.15) is 0 Å². The van der Waals surface area contributed by atoms with Gasteiger partial charge in [0.2, 0.25) is 0 Å². The Labute approximate surface area is 104 Å². The fourth-order valence-electron chi connectivity index (χ4n) is 2.00. The van der Waals surface area contributed by atoms with Gasteiger partial charge < -0.3 is 11.1 Å². The molecule has 0 saturated heterocycles. The van der Waals surface area contributed by atoms with Gasteiger partial charge in [-0.05, 0) is 33.8 Å². The first-order chi connectivity index (χ1) is 8.00. The summed E-state index contributed by atoms with van der Waals surface area (Å²) in [5.74, 6) is 0. The standard InChI is InChI=1S/C13H24N4/c1-10(2)17(11(3)4)6-5-16-13-7-12(14)8-15-9-13/h7-11,16H,5-6,14H2,1-4H3. The zero-order valence-corrected chi connectivity index (χ0v) is 11.3. The fraction of sp³-hybridized carbons (Fsp3) is 0.615. The van der Waals surface area contributed by atoms with Crippen LogP contribution in [0, 0.1) is 0 Å². The van der Waals surface area contributed by atoms with Gasteiger partial charge in [-0.1, -0.05) is 0 Å². The van der Waals surface area contributed by atoms with E-state index in [9.17, 15) is 0 Å². The van der Waals surface area contributed by atoms with Gasteiger partial charge in [-0.15, -0.1) is 0 Å². The summed E-state index contributed by atoms with van der Waals surface area (Å²) in [7, 11) is 0. The van der Waals surface area contributed by atoms with Crippen molar-refractivity contribution in [1.82, 2.24) is 9.88 Å². The number of rotatable bonds is 6. The zero-order chi connectivity index (χ0) is 12.8. The van der Waals surface area contributed by atoms with Crippen molar-refractivity contribution in [3.8, 4) is 0 Å². The van der Waals surface area contributed by atoms with Gasteiger partial charge in [0.05, 0.1) is 17.6 Å². The highest BCUT2D eigenvalue weighted by molar-refractivity contribution is 5.51. The van der Waals surface area contributed by atoms with Gasteiger partial charge in [0.25, 0.3) is 0 Å². The molecule has 0 aromatic carbocycles. The molecule has 4 nitrogen and oxygen atoms in total. The first-order valence-electron chi connectivity index (χ1n) is 6.21. The molecule has 1 rings (SSSR count). The molecule has 0 aliphatic heterocycles. The number of hydrogen-bond acceptors (Lipinski definition) is 4. The molecule has 1 aromatic heterocycles. The Morgan fingerprint density at radius 3 is 2.41 bits per heavy atom. The second-order valence-electron chi connectivity index (χ2n) is 4.86. The number of nitrogen functional groups attached to an aromatic ring is 1. The smallest absolute Gasteiger partial charge is 0.0547 e. The quantitative estimate of drug-likeness (QED) is 0.795. The summed E-state index contributed by atoms with van der Waals surface area (Å²) in [6.45, 7) is 10.8. The van der Waals surface area contributed by atoms with Crippen LogP contribution in [0.25, 0.3) is 0 Å². The average Bonchev–Trinajstić information content (AvgIpc) is 2.23. The number of aromatic nitrogens is 1. The maximum atomic E-state index is 5.67. The summed E-state index contributed by atoms with van der Waals surface area (Å²) in [6.07, 6.45) is 3.45. The molecule has 1 heterocycles. The van der Waals surface area contributed by atoms with Gasteiger partial charge in [-0.2, -0.15) is 0 Å². The lowest BCUT2D eigenvalue weighted by Crippen LogP contribution is -2.40. The average molecular weight is 236 g/mol. The topological polar surface area (TPSA) is 54.2 Å². The fourth-order valence-corrected chi connectivity index (χ4v) is 2.00. The highest BCUT2D eigenvalue weighted by atomic mass is 15.2. The van der Waals surface area contributed by atoms with Gasteiger partial charge in [-0.3, -0.25) is 9.88 Å². The Morgan fingerprint density at radius 2 is 1.88 bits per heavy atom. The lowest BCUT2D eigenvalue weighted by molar-refractivity contribution is 0.182. The zero-order valence-electron chi connectivity index (χ0n) is 11.3. The van der Waals surface area contributed by atoms with Crippen LogP contribution < -0.4 is 11.1 Å². The monoisotopic (exact) mass is 236 g/mol. The third kappa shape index (κ3) is 4.61. The van der Waals surface area contributed by atoms with E-state index >= 15 is 0 Å². The summed E-state index contributed by atoms with van der Waals surface area (Å²) >= 11 is 0. The van der Waals surface area contributed by atoms with Crippen molar-refractivity contribution in [3.63, 3.8) is 0 Å². The Bertz CT molecular complexity index is 328. The molecular weight excluding hydrogens is 212 g/mol. The molecule has 0 radical (unpaired) electrons. The van der Waals surface area contributed by atoms with E-state index in [-0.39, 0.29) is 0 Å². The SMILES string of the molecule is CC(C)N(CCNc1cncc(N)c1)C(C)C. The highest BCUT2D eigenvalue weighted by Crippen LogP contribution is 2.09. The molecule has 0 atom stereocenters. The molecule has 0 amide bonds. The minimum Gasteiger partial charge on any atom is -0.397 e. The van der Waals surface area contributed by atoms with Crippen LogP contribution in [-0.2, 0) is 0 Å². The van der Waals surface area contributed by atoms with Crippen LogP contribution in [-0.4, -0.2) is 35.1 Å². The summed E-state index contributed by atoms with van der Waals surface area (Å²) in [5, 5.41) is 3.34. The van der Waals surface area contributed by atoms with Crippen LogP contribution in [0.5, 0.6) is 0 Å². The second kappa shape index (κ2) is 6.45. The van der Waals surface area contributed by atoms with Gasteiger partial charge in [0.15, 0.2) is 0 Å². The summed E-state index contributed by atoms with van der Waals surface area (Å²) in [6, 6.07) is 3.04. The lowest BCUT2D eigenvalue weighted by atomic mass is 10.2. The molecule has 0 aliphatic carbocycles. The first-order valence-corrected chi connectivity index (χ1v) is 6.21. The minimum absolute atomic E-state index is 0.566. The molecule has 4 heteroatoms. The van der Waals surface area contributed by atoms with E-state index in [4.69, 9.17) is 5.73 Å². The van der Waals surface area contributed by atoms with Crippen molar-refractivity contribution in [2.75, 3.05) is 24.1 Å². The molecule has 0 saturated carbocycles. The van der Waals surface area contributed by atoms with Crippen molar-refractivity contribution in [2.45, 2.75) is 39.8 Å². The number of anilines is 2. The van der Waals surface area contributed by atoms with Crippen molar-refractivity contribution in [2.24, 2.45) is 0 Å². The van der Waals surface area contributed by atoms with Gasteiger partial charge in [0, 0.05) is 31.4 Å². The summed E-state index contributed by atoms with van der Waals surface area (Å²) in [4.78, 5) is 6.50. The molecular formula is C13H24N4. The first kappa shape index (κ1) is 13.8. The third-order valence-electron chi connectivity index (χ3n) is 2.79. The molecule has 3 N–H and O–H groups in total. The van der Waals surface area contributed by atoms with Crippen LogP contribution in [0.15, 0.2) is 18.5 Å². The van der Waals surface area contributed by atoms with Gasteiger partial charge in [-0.25, -0.2) is 0 Å². The van der Waals surface area contributed by atoms with Crippen molar-refractivity contribution >= 4 is 11.4 Å². The Morgan fingerprint density at radius 1 is 1.24 bits per heavy atom. The minimum atomic E-state index is 0.566. The van der Waals surface area contributed by atoms with E-state index < -0.39 is 0 Å². The van der Waals surface area contributed by atoms with E-state index in [1.165, 1.54) is 0 Å². The van der Waals surface area contributed by atoms with Crippen LogP contribution in [0.4, 0.5) is 11.4 Å². The number of nitrogens with two attached hydrogens (primary N) is 1. The van der Waals surface area contributed by atoms with Crippen LogP contribution in [0.1, 0.15) is 27.7 Å². The molecule has 17 heavy (non-hydrogen) atoms. The molecule has 0 spiro atoms. The molecule has 0 bridgehead atoms. The predicted octanol–water partition coefficient (Wildman–Crippen LogP) is 2.19. The van der Waals surface area contributed by atoms with E-state index in [1.54, 1.807) is 12.4 Å². The molecule has 96 valence electrons. The number of pyridine rings is 1. The van der Waals surface area contributed by atoms with E-state index in [0.29, 0.717) is 17.8 Å². The number of nitrogens with one attached hydrogen (secondary N) is 1. The Balaban J connectivity index is 2.41. The van der Waals surface area contributed by atoms with Crippen LogP contribution in [0.3, 0.4) is 0 Å². The molecule has 1 aromatic rings. The molecule has 0 fully saturated rings. The maximum Gasteiger partial charge on any atom is 0.0547 e. The largest absolute Gasteiger partial charge is 0.397 e. The van der Waals surface area contributed by atoms with Crippen LogP contribution in [0.2, 0.25) is 0 Å². The lowest BCUT2D eigenvalue weighted by Gasteiger charge is -2.30. The Hall–Kier alpha value is -1.29. The molecule has 0 unspecified atom stereocenters. The van der Waals surface area contributed by atoms with E-state index in [1.807, 2.05) is 6.07 Å². The number of hydrogen-bond donors (Lipinski definition) is 2. The highest BCUT2D eigenvalue weighted by Gasteiger charge is 2.12. The van der Waals surface area contributed by atoms with Gasteiger partial charge >= 0.3 is 0 Å². The predicted molar refractivity (Wildman–Crippen MR) is 74.1 cm³/mol. The summed E-state index contributed by atoms with van der Waals surface area (Å²) in [5.41, 5.74) is 7.35. The van der Waals surface area contributed by atoms with E-state index in [2.05, 4.69) is 42.9 Å². The van der Waals surface area contributed by atoms with Crippen molar-refractivity contribution in [1.29, 1.82) is 0 Å². The Kier molecular flexibility index (Phi) is 5.22. The normalized spacial score (nSPS) is 11.5. The van der Waals surface area contributed by atoms with Crippen molar-refractivity contribution < 1.29 is 0 Å².